The van der Waals surface area contributed by atoms with E-state index in [9.17, 15) is 4.79 Å². The van der Waals surface area contributed by atoms with Gasteiger partial charge in [0.15, 0.2) is 0 Å². The van der Waals surface area contributed by atoms with Crippen LogP contribution in [0.5, 0.6) is 0 Å². The van der Waals surface area contributed by atoms with Crippen molar-refractivity contribution in [2.75, 3.05) is 26.9 Å². The monoisotopic (exact) mass is 259 g/mol. The summed E-state index contributed by atoms with van der Waals surface area (Å²) in [6, 6.07) is 0. The lowest BCUT2D eigenvalue weighted by atomic mass is 9.95. The van der Waals surface area contributed by atoms with Crippen molar-refractivity contribution in [3.63, 3.8) is 0 Å². The molecule has 5 nitrogen and oxygen atoms in total. The minimum Gasteiger partial charge on any atom is -0.480 e. The van der Waals surface area contributed by atoms with E-state index in [2.05, 4.69) is 5.32 Å². The van der Waals surface area contributed by atoms with Gasteiger partial charge in [-0.1, -0.05) is 0 Å². The first-order chi connectivity index (χ1) is 8.58. The highest BCUT2D eigenvalue weighted by molar-refractivity contribution is 5.78. The standard InChI is InChI=1S/C13H25NO4/c1-13(14-2,12(15)16)7-3-4-8-18-11-5-9-17-10-6-11/h11,14H,3-10H2,1-2H3,(H,15,16). The first kappa shape index (κ1) is 15.4. The normalized spacial score (nSPS) is 20.6. The summed E-state index contributed by atoms with van der Waals surface area (Å²) in [6.45, 7) is 4.02. The maximum absolute atomic E-state index is 11.1. The van der Waals surface area contributed by atoms with Gasteiger partial charge < -0.3 is 19.9 Å². The second-order valence-corrected chi connectivity index (χ2v) is 5.03. The summed E-state index contributed by atoms with van der Waals surface area (Å²) in [5.74, 6) is -0.796. The lowest BCUT2D eigenvalue weighted by Gasteiger charge is -2.25. The molecule has 5 heteroatoms. The van der Waals surface area contributed by atoms with Crippen LogP contribution in [0.4, 0.5) is 0 Å². The van der Waals surface area contributed by atoms with Gasteiger partial charge in [-0.2, -0.15) is 0 Å². The van der Waals surface area contributed by atoms with Crippen LogP contribution in [0.1, 0.15) is 39.0 Å². The summed E-state index contributed by atoms with van der Waals surface area (Å²) in [7, 11) is 1.69. The van der Waals surface area contributed by atoms with Crippen molar-refractivity contribution in [3.8, 4) is 0 Å². The molecule has 1 heterocycles. The zero-order chi connectivity index (χ0) is 13.4. The number of carboxylic acid groups (broad SMARTS) is 1. The Balaban J connectivity index is 2.08. The third-order valence-electron chi connectivity index (χ3n) is 3.62. The van der Waals surface area contributed by atoms with Gasteiger partial charge in [0.05, 0.1) is 6.10 Å². The van der Waals surface area contributed by atoms with Gasteiger partial charge in [-0.05, 0) is 46.1 Å². The number of nitrogens with one attached hydrogen (secondary N) is 1. The minimum absolute atomic E-state index is 0.328. The lowest BCUT2D eigenvalue weighted by molar-refractivity contribution is -0.144. The Bertz CT molecular complexity index is 253. The van der Waals surface area contributed by atoms with E-state index < -0.39 is 11.5 Å². The molecule has 0 aliphatic carbocycles. The predicted octanol–water partition coefficient (Wildman–Crippen LogP) is 1.41. The van der Waals surface area contributed by atoms with Gasteiger partial charge in [-0.25, -0.2) is 0 Å². The topological polar surface area (TPSA) is 67.8 Å². The third kappa shape index (κ3) is 4.92. The molecule has 1 rings (SSSR count). The molecule has 0 bridgehead atoms. The van der Waals surface area contributed by atoms with Gasteiger partial charge in [0.1, 0.15) is 5.54 Å². The summed E-state index contributed by atoms with van der Waals surface area (Å²) < 4.78 is 11.0. The summed E-state index contributed by atoms with van der Waals surface area (Å²) in [6.07, 6.45) is 4.66. The van der Waals surface area contributed by atoms with Crippen molar-refractivity contribution in [1.29, 1.82) is 0 Å². The van der Waals surface area contributed by atoms with E-state index >= 15 is 0 Å². The fourth-order valence-corrected chi connectivity index (χ4v) is 2.01. The third-order valence-corrected chi connectivity index (χ3v) is 3.62. The van der Waals surface area contributed by atoms with E-state index in [-0.39, 0.29) is 0 Å². The van der Waals surface area contributed by atoms with Crippen LogP contribution < -0.4 is 5.32 Å². The largest absolute Gasteiger partial charge is 0.480 e. The van der Waals surface area contributed by atoms with E-state index in [1.165, 1.54) is 0 Å². The van der Waals surface area contributed by atoms with Crippen LogP contribution in [0.15, 0.2) is 0 Å². The van der Waals surface area contributed by atoms with Crippen LogP contribution in [-0.4, -0.2) is 49.6 Å². The average molecular weight is 259 g/mol. The number of carbonyl (C=O) groups is 1. The van der Waals surface area contributed by atoms with Gasteiger partial charge in [-0.3, -0.25) is 4.79 Å². The fourth-order valence-electron chi connectivity index (χ4n) is 2.01. The molecule has 1 saturated heterocycles. The number of hydrogen-bond acceptors (Lipinski definition) is 4. The van der Waals surface area contributed by atoms with Gasteiger partial charge in [-0.15, -0.1) is 0 Å². The van der Waals surface area contributed by atoms with Crippen LogP contribution in [0, 0.1) is 0 Å². The second kappa shape index (κ2) is 7.71. The van der Waals surface area contributed by atoms with Gasteiger partial charge in [0.2, 0.25) is 0 Å². The van der Waals surface area contributed by atoms with Crippen molar-refractivity contribution < 1.29 is 19.4 Å². The summed E-state index contributed by atoms with van der Waals surface area (Å²) in [4.78, 5) is 11.1. The molecule has 2 N–H and O–H groups in total. The Morgan fingerprint density at radius 1 is 1.44 bits per heavy atom. The predicted molar refractivity (Wildman–Crippen MR) is 68.7 cm³/mol. The highest BCUT2D eigenvalue weighted by Gasteiger charge is 2.30. The highest BCUT2D eigenvalue weighted by atomic mass is 16.5. The molecule has 0 aromatic heterocycles. The summed E-state index contributed by atoms with van der Waals surface area (Å²) >= 11 is 0. The first-order valence-corrected chi connectivity index (χ1v) is 6.70. The molecule has 0 spiro atoms. The first-order valence-electron chi connectivity index (χ1n) is 6.70. The number of likely N-dealkylation sites (N-methyl/N-ethyl adjacent to an activating group) is 1. The molecule has 0 aromatic rings. The number of unbranched alkanes of at least 4 members (excludes halogenated alkanes) is 1. The molecule has 18 heavy (non-hydrogen) atoms. The molecule has 0 saturated carbocycles. The number of aliphatic carboxylic acids is 1. The van der Waals surface area contributed by atoms with E-state index in [0.29, 0.717) is 19.1 Å². The van der Waals surface area contributed by atoms with Crippen LogP contribution in [0.25, 0.3) is 0 Å². The molecular weight excluding hydrogens is 234 g/mol. The van der Waals surface area contributed by atoms with E-state index in [1.807, 2.05) is 0 Å². The molecule has 0 aromatic carbocycles. The Kier molecular flexibility index (Phi) is 6.60. The zero-order valence-electron chi connectivity index (χ0n) is 11.4. The number of ether oxygens (including phenoxy) is 2. The smallest absolute Gasteiger partial charge is 0.323 e. The Morgan fingerprint density at radius 2 is 2.11 bits per heavy atom. The van der Waals surface area contributed by atoms with E-state index in [4.69, 9.17) is 14.6 Å². The quantitative estimate of drug-likeness (QED) is 0.645. The number of carboxylic acids is 1. The van der Waals surface area contributed by atoms with Crippen molar-refractivity contribution in [2.24, 2.45) is 0 Å². The summed E-state index contributed by atoms with van der Waals surface area (Å²) in [5.41, 5.74) is -0.821. The number of hydrogen-bond donors (Lipinski definition) is 2. The minimum atomic E-state index is -0.821. The second-order valence-electron chi connectivity index (χ2n) is 5.03. The van der Waals surface area contributed by atoms with Crippen molar-refractivity contribution in [3.05, 3.63) is 0 Å². The van der Waals surface area contributed by atoms with Crippen LogP contribution >= 0.6 is 0 Å². The maximum atomic E-state index is 11.1. The SMILES string of the molecule is CNC(C)(CCCCOC1CCOCC1)C(=O)O. The Morgan fingerprint density at radius 3 is 2.67 bits per heavy atom. The Hall–Kier alpha value is -0.650. The molecule has 106 valence electrons. The van der Waals surface area contributed by atoms with Crippen molar-refractivity contribution >= 4 is 5.97 Å². The molecule has 1 atom stereocenters. The molecule has 1 aliphatic heterocycles. The van der Waals surface area contributed by atoms with Crippen molar-refractivity contribution in [2.45, 2.75) is 50.7 Å². The summed E-state index contributed by atoms with van der Waals surface area (Å²) in [5, 5.41) is 11.9. The number of rotatable bonds is 8. The lowest BCUT2D eigenvalue weighted by Crippen LogP contribution is -2.47. The van der Waals surface area contributed by atoms with E-state index in [0.717, 1.165) is 38.9 Å². The molecule has 0 amide bonds. The average Bonchev–Trinajstić information content (AvgIpc) is 2.39. The van der Waals surface area contributed by atoms with Crippen LogP contribution in [-0.2, 0) is 14.3 Å². The van der Waals surface area contributed by atoms with Crippen LogP contribution in [0.2, 0.25) is 0 Å². The molecule has 0 radical (unpaired) electrons. The molecular formula is C13H25NO4. The van der Waals surface area contributed by atoms with Gasteiger partial charge in [0.25, 0.3) is 0 Å². The Labute approximate surface area is 109 Å². The maximum Gasteiger partial charge on any atom is 0.323 e. The molecule has 1 fully saturated rings. The van der Waals surface area contributed by atoms with Gasteiger partial charge >= 0.3 is 5.97 Å². The van der Waals surface area contributed by atoms with Gasteiger partial charge in [0, 0.05) is 19.8 Å². The van der Waals surface area contributed by atoms with Crippen LogP contribution in [0.3, 0.4) is 0 Å². The van der Waals surface area contributed by atoms with Crippen molar-refractivity contribution in [1.82, 2.24) is 5.32 Å². The zero-order valence-corrected chi connectivity index (χ0v) is 11.4. The molecule has 1 unspecified atom stereocenters. The van der Waals surface area contributed by atoms with E-state index in [1.54, 1.807) is 14.0 Å². The highest BCUT2D eigenvalue weighted by Crippen LogP contribution is 2.15. The molecule has 1 aliphatic rings. The fraction of sp³-hybridized carbons (Fsp3) is 0.923.